The number of nitrogens with zero attached hydrogens (tertiary/aromatic N) is 1. The van der Waals surface area contributed by atoms with E-state index in [9.17, 15) is 14.7 Å². The molecule has 1 heterocycles. The standard InChI is InChI=1S/C16H21NO4/c1-4-21-13-8-6-5-7-12(13)17-11(3)15(16(19)20)10(2)9-14(17)18/h5-8,10-11,15H,4,9H2,1-3H3,(H,19,20). The zero-order valence-corrected chi connectivity index (χ0v) is 12.6. The Labute approximate surface area is 124 Å². The van der Waals surface area contributed by atoms with Crippen molar-refractivity contribution in [1.82, 2.24) is 0 Å². The first-order valence-corrected chi connectivity index (χ1v) is 7.24. The first-order valence-electron chi connectivity index (χ1n) is 7.24. The number of piperidine rings is 1. The predicted molar refractivity (Wildman–Crippen MR) is 79.5 cm³/mol. The van der Waals surface area contributed by atoms with Crippen LogP contribution in [0.5, 0.6) is 5.75 Å². The largest absolute Gasteiger partial charge is 0.492 e. The summed E-state index contributed by atoms with van der Waals surface area (Å²) in [4.78, 5) is 25.5. The van der Waals surface area contributed by atoms with Gasteiger partial charge in [0.2, 0.25) is 5.91 Å². The molecule has 114 valence electrons. The fourth-order valence-corrected chi connectivity index (χ4v) is 3.10. The summed E-state index contributed by atoms with van der Waals surface area (Å²) in [6, 6.07) is 6.86. The van der Waals surface area contributed by atoms with E-state index in [0.29, 0.717) is 18.0 Å². The molecular weight excluding hydrogens is 270 g/mol. The number of carbonyl (C=O) groups is 2. The van der Waals surface area contributed by atoms with Gasteiger partial charge in [0.15, 0.2) is 0 Å². The Morgan fingerprint density at radius 2 is 2.05 bits per heavy atom. The molecule has 0 radical (unpaired) electrons. The van der Waals surface area contributed by atoms with Crippen LogP contribution in [0.2, 0.25) is 0 Å². The number of carboxylic acid groups (broad SMARTS) is 1. The Morgan fingerprint density at radius 3 is 2.67 bits per heavy atom. The van der Waals surface area contributed by atoms with Gasteiger partial charge in [0.25, 0.3) is 0 Å². The maximum atomic E-state index is 12.4. The van der Waals surface area contributed by atoms with Gasteiger partial charge in [-0.25, -0.2) is 0 Å². The quantitative estimate of drug-likeness (QED) is 0.925. The van der Waals surface area contributed by atoms with Gasteiger partial charge in [-0.1, -0.05) is 19.1 Å². The van der Waals surface area contributed by atoms with Crippen molar-refractivity contribution in [2.45, 2.75) is 33.2 Å². The van der Waals surface area contributed by atoms with Gasteiger partial charge in [0.1, 0.15) is 5.75 Å². The molecule has 0 bridgehead atoms. The van der Waals surface area contributed by atoms with Crippen LogP contribution < -0.4 is 9.64 Å². The minimum Gasteiger partial charge on any atom is -0.492 e. The third kappa shape index (κ3) is 2.86. The van der Waals surface area contributed by atoms with Crippen LogP contribution in [0.15, 0.2) is 24.3 Å². The maximum Gasteiger partial charge on any atom is 0.308 e. The topological polar surface area (TPSA) is 66.8 Å². The van der Waals surface area contributed by atoms with Gasteiger partial charge in [0, 0.05) is 12.5 Å². The summed E-state index contributed by atoms with van der Waals surface area (Å²) in [7, 11) is 0. The second-order valence-electron chi connectivity index (χ2n) is 5.45. The van der Waals surface area contributed by atoms with Crippen LogP contribution in [-0.2, 0) is 9.59 Å². The zero-order chi connectivity index (χ0) is 15.6. The number of amides is 1. The number of rotatable bonds is 4. The summed E-state index contributed by atoms with van der Waals surface area (Å²) in [6.07, 6.45) is 0.238. The van der Waals surface area contributed by atoms with Crippen LogP contribution in [0.25, 0.3) is 0 Å². The van der Waals surface area contributed by atoms with Gasteiger partial charge < -0.3 is 14.7 Å². The van der Waals surface area contributed by atoms with E-state index in [0.717, 1.165) is 0 Å². The van der Waals surface area contributed by atoms with Crippen LogP contribution in [0.3, 0.4) is 0 Å². The Hall–Kier alpha value is -2.04. The van der Waals surface area contributed by atoms with E-state index in [2.05, 4.69) is 0 Å². The van der Waals surface area contributed by atoms with E-state index >= 15 is 0 Å². The van der Waals surface area contributed by atoms with Crippen molar-refractivity contribution in [1.29, 1.82) is 0 Å². The van der Waals surface area contributed by atoms with Crippen molar-refractivity contribution in [2.24, 2.45) is 11.8 Å². The van der Waals surface area contributed by atoms with E-state index in [1.165, 1.54) is 0 Å². The van der Waals surface area contributed by atoms with Crippen molar-refractivity contribution in [3.05, 3.63) is 24.3 Å². The second kappa shape index (κ2) is 6.16. The maximum absolute atomic E-state index is 12.4. The average molecular weight is 291 g/mol. The van der Waals surface area contributed by atoms with Gasteiger partial charge >= 0.3 is 5.97 Å². The highest BCUT2D eigenvalue weighted by molar-refractivity contribution is 5.98. The molecular formula is C16H21NO4. The fourth-order valence-electron chi connectivity index (χ4n) is 3.10. The molecule has 3 atom stereocenters. The molecule has 1 N–H and O–H groups in total. The third-order valence-electron chi connectivity index (χ3n) is 4.02. The van der Waals surface area contributed by atoms with Gasteiger partial charge in [-0.2, -0.15) is 0 Å². The summed E-state index contributed by atoms with van der Waals surface area (Å²) in [5.41, 5.74) is 0.648. The first-order chi connectivity index (χ1) is 9.97. The number of anilines is 1. The lowest BCUT2D eigenvalue weighted by molar-refractivity contribution is -0.146. The van der Waals surface area contributed by atoms with E-state index in [1.54, 1.807) is 24.0 Å². The molecule has 21 heavy (non-hydrogen) atoms. The van der Waals surface area contributed by atoms with E-state index < -0.39 is 17.9 Å². The molecule has 0 spiro atoms. The molecule has 0 aliphatic carbocycles. The monoisotopic (exact) mass is 291 g/mol. The van der Waals surface area contributed by atoms with Crippen LogP contribution in [0, 0.1) is 11.8 Å². The summed E-state index contributed by atoms with van der Waals surface area (Å²) < 4.78 is 5.57. The highest BCUT2D eigenvalue weighted by Crippen LogP contribution is 2.37. The average Bonchev–Trinajstić information content (AvgIpc) is 2.39. The first kappa shape index (κ1) is 15.4. The van der Waals surface area contributed by atoms with Crippen molar-refractivity contribution < 1.29 is 19.4 Å². The van der Waals surface area contributed by atoms with Crippen molar-refractivity contribution in [3.63, 3.8) is 0 Å². The van der Waals surface area contributed by atoms with Gasteiger partial charge in [-0.05, 0) is 31.9 Å². The van der Waals surface area contributed by atoms with E-state index in [4.69, 9.17) is 4.74 Å². The van der Waals surface area contributed by atoms with Crippen LogP contribution in [0.1, 0.15) is 27.2 Å². The molecule has 3 unspecified atom stereocenters. The third-order valence-corrected chi connectivity index (χ3v) is 4.02. The molecule has 0 aromatic heterocycles. The summed E-state index contributed by atoms with van der Waals surface area (Å²) in [6.45, 7) is 5.97. The minimum absolute atomic E-state index is 0.0559. The van der Waals surface area contributed by atoms with Crippen LogP contribution in [0.4, 0.5) is 5.69 Å². The van der Waals surface area contributed by atoms with Crippen molar-refractivity contribution >= 4 is 17.6 Å². The highest BCUT2D eigenvalue weighted by Gasteiger charge is 2.43. The Kier molecular flexibility index (Phi) is 4.50. The van der Waals surface area contributed by atoms with E-state index in [-0.39, 0.29) is 18.2 Å². The van der Waals surface area contributed by atoms with Crippen molar-refractivity contribution in [3.8, 4) is 5.75 Å². The SMILES string of the molecule is CCOc1ccccc1N1C(=O)CC(C)C(C(=O)O)C1C. The molecule has 5 heteroatoms. The lowest BCUT2D eigenvalue weighted by Gasteiger charge is -2.41. The normalized spacial score (nSPS) is 25.8. The summed E-state index contributed by atoms with van der Waals surface area (Å²) >= 11 is 0. The molecule has 0 saturated carbocycles. The molecule has 2 rings (SSSR count). The zero-order valence-electron chi connectivity index (χ0n) is 12.6. The molecule has 1 aromatic carbocycles. The molecule has 1 saturated heterocycles. The summed E-state index contributed by atoms with van der Waals surface area (Å²) in [5, 5.41) is 9.43. The summed E-state index contributed by atoms with van der Waals surface area (Å²) in [5.74, 6) is -1.04. The molecule has 1 aliphatic heterocycles. The fraction of sp³-hybridized carbons (Fsp3) is 0.500. The number of carboxylic acids is 1. The Bertz CT molecular complexity index is 543. The van der Waals surface area contributed by atoms with Crippen LogP contribution >= 0.6 is 0 Å². The van der Waals surface area contributed by atoms with Gasteiger partial charge in [0.05, 0.1) is 18.2 Å². The Balaban J connectivity index is 2.42. The van der Waals surface area contributed by atoms with Gasteiger partial charge in [-0.15, -0.1) is 0 Å². The molecule has 1 aliphatic rings. The van der Waals surface area contributed by atoms with Gasteiger partial charge in [-0.3, -0.25) is 9.59 Å². The molecule has 5 nitrogen and oxygen atoms in total. The predicted octanol–water partition coefficient (Wildman–Crippen LogP) is 2.55. The lowest BCUT2D eigenvalue weighted by Crippen LogP contribution is -2.53. The lowest BCUT2D eigenvalue weighted by atomic mass is 9.80. The Morgan fingerprint density at radius 1 is 1.38 bits per heavy atom. The van der Waals surface area contributed by atoms with Crippen LogP contribution in [-0.4, -0.2) is 29.6 Å². The number of aliphatic carboxylic acids is 1. The second-order valence-corrected chi connectivity index (χ2v) is 5.45. The molecule has 1 aromatic rings. The smallest absolute Gasteiger partial charge is 0.308 e. The van der Waals surface area contributed by atoms with E-state index in [1.807, 2.05) is 26.0 Å². The minimum atomic E-state index is -0.860. The van der Waals surface area contributed by atoms with Crippen molar-refractivity contribution in [2.75, 3.05) is 11.5 Å². The number of ether oxygens (including phenoxy) is 1. The number of benzene rings is 1. The number of hydrogen-bond acceptors (Lipinski definition) is 3. The highest BCUT2D eigenvalue weighted by atomic mass is 16.5. The number of carbonyl (C=O) groups excluding carboxylic acids is 1. The molecule has 1 amide bonds. The number of para-hydroxylation sites is 2. The number of hydrogen-bond donors (Lipinski definition) is 1. The molecule has 1 fully saturated rings.